The van der Waals surface area contributed by atoms with Crippen LogP contribution in [0.2, 0.25) is 10.0 Å². The summed E-state index contributed by atoms with van der Waals surface area (Å²) in [7, 11) is 0. The normalized spacial score (nSPS) is 10.9. The smallest absolute Gasteiger partial charge is 0.167 e. The van der Waals surface area contributed by atoms with Gasteiger partial charge in [-0.3, -0.25) is 4.79 Å². The highest BCUT2D eigenvalue weighted by Crippen LogP contribution is 2.23. The lowest BCUT2D eigenvalue weighted by Gasteiger charge is -2.16. The maximum absolute atomic E-state index is 12.0. The number of ether oxygens (including phenoxy) is 2. The first kappa shape index (κ1) is 15.4. The van der Waals surface area contributed by atoms with Crippen molar-refractivity contribution in [3.8, 4) is 0 Å². The van der Waals surface area contributed by atoms with E-state index in [-0.39, 0.29) is 12.2 Å². The molecule has 0 aliphatic heterocycles. The second-order valence-electron chi connectivity index (χ2n) is 3.60. The summed E-state index contributed by atoms with van der Waals surface area (Å²) in [4.78, 5) is 12.0. The van der Waals surface area contributed by atoms with Crippen LogP contribution in [-0.2, 0) is 9.47 Å². The summed E-state index contributed by atoms with van der Waals surface area (Å²) in [5.41, 5.74) is 0.508. The number of carbonyl (C=O) groups is 1. The number of benzene rings is 1. The Bertz CT molecular complexity index is 401. The minimum atomic E-state index is -0.512. The first-order valence-electron chi connectivity index (χ1n) is 5.79. The number of hydrogen-bond acceptors (Lipinski definition) is 3. The molecule has 0 saturated carbocycles. The van der Waals surface area contributed by atoms with Gasteiger partial charge in [0.1, 0.15) is 0 Å². The highest BCUT2D eigenvalue weighted by molar-refractivity contribution is 6.42. The number of halogens is 2. The van der Waals surface area contributed by atoms with Gasteiger partial charge in [-0.05, 0) is 32.0 Å². The molecule has 0 bridgehead atoms. The summed E-state index contributed by atoms with van der Waals surface area (Å²) in [5.74, 6) is -0.0829. The molecule has 1 aromatic carbocycles. The first-order chi connectivity index (χ1) is 8.58. The number of hydrogen-bond donors (Lipinski definition) is 0. The predicted octanol–water partition coefficient (Wildman–Crippen LogP) is 3.97. The SMILES string of the molecule is CCOC(CC(=O)c1ccc(Cl)c(Cl)c1)OCC. The van der Waals surface area contributed by atoms with Crippen molar-refractivity contribution in [1.82, 2.24) is 0 Å². The highest BCUT2D eigenvalue weighted by atomic mass is 35.5. The van der Waals surface area contributed by atoms with Gasteiger partial charge in [0, 0.05) is 18.8 Å². The van der Waals surface area contributed by atoms with E-state index in [1.165, 1.54) is 0 Å². The van der Waals surface area contributed by atoms with Gasteiger partial charge >= 0.3 is 0 Å². The van der Waals surface area contributed by atoms with Crippen molar-refractivity contribution in [2.75, 3.05) is 13.2 Å². The lowest BCUT2D eigenvalue weighted by Crippen LogP contribution is -2.21. The van der Waals surface area contributed by atoms with Crippen LogP contribution in [0.4, 0.5) is 0 Å². The standard InChI is InChI=1S/C13H16Cl2O3/c1-3-17-13(18-4-2)8-12(16)9-5-6-10(14)11(15)7-9/h5-7,13H,3-4,8H2,1-2H3. The second kappa shape index (κ2) is 7.74. The lowest BCUT2D eigenvalue weighted by atomic mass is 10.1. The molecule has 3 nitrogen and oxygen atoms in total. The second-order valence-corrected chi connectivity index (χ2v) is 4.41. The number of Topliss-reactive ketones (excluding diaryl/α,β-unsaturated/α-hetero) is 1. The van der Waals surface area contributed by atoms with Crippen molar-refractivity contribution in [3.05, 3.63) is 33.8 Å². The van der Waals surface area contributed by atoms with Gasteiger partial charge < -0.3 is 9.47 Å². The quantitative estimate of drug-likeness (QED) is 0.563. The molecule has 1 aromatic rings. The summed E-state index contributed by atoms with van der Waals surface area (Å²) in [6, 6.07) is 4.81. The fourth-order valence-corrected chi connectivity index (χ4v) is 1.77. The summed E-state index contributed by atoms with van der Waals surface area (Å²) < 4.78 is 10.7. The van der Waals surface area contributed by atoms with E-state index in [4.69, 9.17) is 32.7 Å². The molecule has 0 aromatic heterocycles. The third kappa shape index (κ3) is 4.58. The molecule has 0 spiro atoms. The zero-order chi connectivity index (χ0) is 13.5. The Balaban J connectivity index is 2.70. The van der Waals surface area contributed by atoms with Crippen molar-refractivity contribution >= 4 is 29.0 Å². The first-order valence-corrected chi connectivity index (χ1v) is 6.55. The summed E-state index contributed by atoms with van der Waals surface area (Å²) in [5, 5.41) is 0.797. The van der Waals surface area contributed by atoms with E-state index in [2.05, 4.69) is 0 Å². The van der Waals surface area contributed by atoms with Crippen LogP contribution in [0.3, 0.4) is 0 Å². The monoisotopic (exact) mass is 290 g/mol. The van der Waals surface area contributed by atoms with E-state index in [0.717, 1.165) is 0 Å². The van der Waals surface area contributed by atoms with E-state index in [1.807, 2.05) is 13.8 Å². The molecular weight excluding hydrogens is 275 g/mol. The molecule has 0 fully saturated rings. The van der Waals surface area contributed by atoms with Gasteiger partial charge in [0.05, 0.1) is 16.5 Å². The van der Waals surface area contributed by atoms with Crippen LogP contribution in [0, 0.1) is 0 Å². The molecule has 100 valence electrons. The van der Waals surface area contributed by atoms with Gasteiger partial charge in [-0.1, -0.05) is 23.2 Å². The molecule has 0 saturated heterocycles. The molecule has 5 heteroatoms. The number of rotatable bonds is 7. The van der Waals surface area contributed by atoms with Crippen molar-refractivity contribution in [3.63, 3.8) is 0 Å². The van der Waals surface area contributed by atoms with Gasteiger partial charge in [-0.15, -0.1) is 0 Å². The molecule has 0 heterocycles. The molecule has 0 N–H and O–H groups in total. The van der Waals surface area contributed by atoms with E-state index >= 15 is 0 Å². The topological polar surface area (TPSA) is 35.5 Å². The highest BCUT2D eigenvalue weighted by Gasteiger charge is 2.16. The van der Waals surface area contributed by atoms with Crippen molar-refractivity contribution in [2.45, 2.75) is 26.6 Å². The van der Waals surface area contributed by atoms with Crippen LogP contribution in [0.25, 0.3) is 0 Å². The van der Waals surface area contributed by atoms with Gasteiger partial charge in [0.15, 0.2) is 12.1 Å². The Hall–Kier alpha value is -0.610. The Kier molecular flexibility index (Phi) is 6.65. The Morgan fingerprint density at radius 2 is 1.78 bits per heavy atom. The molecular formula is C13H16Cl2O3. The van der Waals surface area contributed by atoms with Gasteiger partial charge in [0.2, 0.25) is 0 Å². The largest absolute Gasteiger partial charge is 0.352 e. The predicted molar refractivity (Wildman–Crippen MR) is 72.4 cm³/mol. The van der Waals surface area contributed by atoms with E-state index in [9.17, 15) is 4.79 Å². The number of ketones is 1. The third-order valence-electron chi connectivity index (χ3n) is 2.30. The Morgan fingerprint density at radius 3 is 2.28 bits per heavy atom. The average molecular weight is 291 g/mol. The summed E-state index contributed by atoms with van der Waals surface area (Å²) in [6.45, 7) is 4.71. The van der Waals surface area contributed by atoms with E-state index in [0.29, 0.717) is 28.8 Å². The molecule has 1 rings (SSSR count). The summed E-state index contributed by atoms with van der Waals surface area (Å²) in [6.07, 6.45) is -0.346. The van der Waals surface area contributed by atoms with E-state index < -0.39 is 6.29 Å². The zero-order valence-electron chi connectivity index (χ0n) is 10.4. The lowest BCUT2D eigenvalue weighted by molar-refractivity contribution is -0.133. The maximum Gasteiger partial charge on any atom is 0.167 e. The third-order valence-corrected chi connectivity index (χ3v) is 3.04. The van der Waals surface area contributed by atoms with Crippen LogP contribution >= 0.6 is 23.2 Å². The van der Waals surface area contributed by atoms with Gasteiger partial charge in [-0.25, -0.2) is 0 Å². The zero-order valence-corrected chi connectivity index (χ0v) is 11.9. The van der Waals surface area contributed by atoms with E-state index in [1.54, 1.807) is 18.2 Å². The molecule has 0 aliphatic rings. The van der Waals surface area contributed by atoms with Crippen LogP contribution < -0.4 is 0 Å². The molecule has 0 amide bonds. The molecule has 0 radical (unpaired) electrons. The van der Waals surface area contributed by atoms with Crippen LogP contribution in [0.5, 0.6) is 0 Å². The van der Waals surface area contributed by atoms with Crippen molar-refractivity contribution in [2.24, 2.45) is 0 Å². The molecule has 0 unspecified atom stereocenters. The Morgan fingerprint density at radius 1 is 1.17 bits per heavy atom. The number of carbonyl (C=O) groups excluding carboxylic acids is 1. The minimum Gasteiger partial charge on any atom is -0.352 e. The maximum atomic E-state index is 12.0. The molecule has 18 heavy (non-hydrogen) atoms. The van der Waals surface area contributed by atoms with Crippen LogP contribution in [-0.4, -0.2) is 25.3 Å². The Labute approximate surface area is 117 Å². The minimum absolute atomic E-state index is 0.0829. The van der Waals surface area contributed by atoms with Gasteiger partial charge in [0.25, 0.3) is 0 Å². The fourth-order valence-electron chi connectivity index (χ4n) is 1.48. The average Bonchev–Trinajstić information content (AvgIpc) is 2.33. The fraction of sp³-hybridized carbons (Fsp3) is 0.462. The molecule has 0 atom stereocenters. The van der Waals surface area contributed by atoms with Crippen molar-refractivity contribution < 1.29 is 14.3 Å². The molecule has 0 aliphatic carbocycles. The van der Waals surface area contributed by atoms with Crippen molar-refractivity contribution in [1.29, 1.82) is 0 Å². The van der Waals surface area contributed by atoms with Gasteiger partial charge in [-0.2, -0.15) is 0 Å². The van der Waals surface area contributed by atoms with Crippen LogP contribution in [0.15, 0.2) is 18.2 Å². The van der Waals surface area contributed by atoms with Crippen LogP contribution in [0.1, 0.15) is 30.6 Å². The summed E-state index contributed by atoms with van der Waals surface area (Å²) >= 11 is 11.7.